The molecule has 1 aromatic rings. The third-order valence-corrected chi connectivity index (χ3v) is 2.52. The number of hydrogen-bond acceptors (Lipinski definition) is 8. The number of hydrogen-bond donors (Lipinski definition) is 4. The van der Waals surface area contributed by atoms with Gasteiger partial charge in [0.2, 0.25) is 0 Å². The molecular weight excluding hydrogens is 270 g/mol. The van der Waals surface area contributed by atoms with E-state index in [4.69, 9.17) is 9.84 Å². The van der Waals surface area contributed by atoms with E-state index in [1.165, 1.54) is 24.5 Å². The van der Waals surface area contributed by atoms with Gasteiger partial charge in [0.25, 0.3) is 0 Å². The first kappa shape index (κ1) is 16.2. The van der Waals surface area contributed by atoms with Gasteiger partial charge in [-0.2, -0.15) is 0 Å². The van der Waals surface area contributed by atoms with E-state index in [1.807, 2.05) is 0 Å². The standard InChI is InChI=1S/C12H15NO7/c14-5-8(15)10(17)11(18)9(16)6-20-12(19)7-2-1-3-13-4-7/h1-5,8-11,15-18H,6H2/t8-,9+,10+,11+/m0/s1. The van der Waals surface area contributed by atoms with Crippen molar-refractivity contribution in [1.82, 2.24) is 4.98 Å². The molecule has 20 heavy (non-hydrogen) atoms. The zero-order chi connectivity index (χ0) is 15.1. The predicted octanol–water partition coefficient (Wildman–Crippen LogP) is -2.12. The Hall–Kier alpha value is -1.87. The lowest BCUT2D eigenvalue weighted by Crippen LogP contribution is -2.46. The van der Waals surface area contributed by atoms with Gasteiger partial charge in [0, 0.05) is 12.4 Å². The number of nitrogens with zero attached hydrogens (tertiary/aromatic N) is 1. The van der Waals surface area contributed by atoms with E-state index in [0.29, 0.717) is 0 Å². The van der Waals surface area contributed by atoms with Gasteiger partial charge < -0.3 is 30.0 Å². The lowest BCUT2D eigenvalue weighted by Gasteiger charge is -2.23. The van der Waals surface area contributed by atoms with Crippen LogP contribution in [0.1, 0.15) is 10.4 Å². The zero-order valence-corrected chi connectivity index (χ0v) is 10.4. The Labute approximate surface area is 114 Å². The van der Waals surface area contributed by atoms with Crippen LogP contribution in [0.25, 0.3) is 0 Å². The number of rotatable bonds is 7. The van der Waals surface area contributed by atoms with Crippen molar-refractivity contribution in [2.75, 3.05) is 6.61 Å². The maximum atomic E-state index is 11.5. The molecule has 0 fully saturated rings. The highest BCUT2D eigenvalue weighted by atomic mass is 16.5. The number of aliphatic hydroxyl groups excluding tert-OH is 4. The zero-order valence-electron chi connectivity index (χ0n) is 10.4. The number of aliphatic hydroxyl groups is 4. The molecule has 0 saturated heterocycles. The second-order valence-corrected chi connectivity index (χ2v) is 4.02. The highest BCUT2D eigenvalue weighted by Gasteiger charge is 2.30. The smallest absolute Gasteiger partial charge is 0.339 e. The van der Waals surface area contributed by atoms with Gasteiger partial charge in [-0.25, -0.2) is 4.79 Å². The van der Waals surface area contributed by atoms with E-state index in [0.717, 1.165) is 0 Å². The summed E-state index contributed by atoms with van der Waals surface area (Å²) in [5.74, 6) is -0.769. The van der Waals surface area contributed by atoms with Crippen molar-refractivity contribution in [3.05, 3.63) is 30.1 Å². The van der Waals surface area contributed by atoms with Crippen LogP contribution >= 0.6 is 0 Å². The van der Waals surface area contributed by atoms with E-state index in [-0.39, 0.29) is 11.8 Å². The van der Waals surface area contributed by atoms with Crippen LogP contribution in [0.5, 0.6) is 0 Å². The van der Waals surface area contributed by atoms with Gasteiger partial charge in [-0.05, 0) is 12.1 Å². The van der Waals surface area contributed by atoms with Crippen LogP contribution in [0.15, 0.2) is 24.5 Å². The molecule has 0 aliphatic rings. The molecule has 0 bridgehead atoms. The van der Waals surface area contributed by atoms with Gasteiger partial charge in [-0.3, -0.25) is 4.98 Å². The lowest BCUT2D eigenvalue weighted by molar-refractivity contribution is -0.136. The number of carbonyl (C=O) groups excluding carboxylic acids is 2. The van der Waals surface area contributed by atoms with Crippen LogP contribution in [-0.2, 0) is 9.53 Å². The van der Waals surface area contributed by atoms with Crippen molar-refractivity contribution in [1.29, 1.82) is 0 Å². The Balaban J connectivity index is 2.49. The van der Waals surface area contributed by atoms with Gasteiger partial charge >= 0.3 is 5.97 Å². The molecule has 1 aromatic heterocycles. The number of aromatic nitrogens is 1. The minimum Gasteiger partial charge on any atom is -0.459 e. The normalized spacial score (nSPS) is 16.8. The molecule has 0 aliphatic carbocycles. The van der Waals surface area contributed by atoms with Gasteiger partial charge in [-0.1, -0.05) is 0 Å². The third kappa shape index (κ3) is 4.35. The van der Waals surface area contributed by atoms with Gasteiger partial charge in [0.1, 0.15) is 31.0 Å². The van der Waals surface area contributed by atoms with Crippen molar-refractivity contribution in [3.8, 4) is 0 Å². The van der Waals surface area contributed by atoms with Crippen LogP contribution in [0.4, 0.5) is 0 Å². The van der Waals surface area contributed by atoms with Crippen LogP contribution in [0.3, 0.4) is 0 Å². The molecule has 8 nitrogen and oxygen atoms in total. The van der Waals surface area contributed by atoms with Crippen molar-refractivity contribution >= 4 is 12.3 Å². The first-order valence-electron chi connectivity index (χ1n) is 5.72. The molecule has 110 valence electrons. The largest absolute Gasteiger partial charge is 0.459 e. The Bertz CT molecular complexity index is 439. The summed E-state index contributed by atoms with van der Waals surface area (Å²) in [6, 6.07) is 2.97. The summed E-state index contributed by atoms with van der Waals surface area (Å²) in [7, 11) is 0. The fourth-order valence-electron chi connectivity index (χ4n) is 1.34. The summed E-state index contributed by atoms with van der Waals surface area (Å²) in [4.78, 5) is 25.4. The predicted molar refractivity (Wildman–Crippen MR) is 64.6 cm³/mol. The molecule has 4 atom stereocenters. The lowest BCUT2D eigenvalue weighted by atomic mass is 10.0. The maximum absolute atomic E-state index is 11.5. The van der Waals surface area contributed by atoms with Crippen LogP contribution in [0.2, 0.25) is 0 Å². The van der Waals surface area contributed by atoms with Gasteiger partial charge in [0.15, 0.2) is 6.29 Å². The molecule has 0 saturated carbocycles. The second kappa shape index (κ2) is 7.65. The van der Waals surface area contributed by atoms with Crippen LogP contribution < -0.4 is 0 Å². The molecule has 0 spiro atoms. The molecule has 0 aromatic carbocycles. The quantitative estimate of drug-likeness (QED) is 0.329. The van der Waals surface area contributed by atoms with Crippen molar-refractivity contribution < 1.29 is 34.8 Å². The number of esters is 1. The van der Waals surface area contributed by atoms with Crippen molar-refractivity contribution in [2.24, 2.45) is 0 Å². The molecule has 8 heteroatoms. The highest BCUT2D eigenvalue weighted by molar-refractivity contribution is 5.88. The molecule has 0 unspecified atom stereocenters. The number of carbonyl (C=O) groups is 2. The fraction of sp³-hybridized carbons (Fsp3) is 0.417. The SMILES string of the molecule is O=C[C@H](O)[C@@H](O)[C@H](O)[C@H](O)COC(=O)c1cccnc1. The Morgan fingerprint density at radius 3 is 2.55 bits per heavy atom. The number of ether oxygens (including phenoxy) is 1. The fourth-order valence-corrected chi connectivity index (χ4v) is 1.34. The first-order chi connectivity index (χ1) is 9.47. The summed E-state index contributed by atoms with van der Waals surface area (Å²) >= 11 is 0. The Kier molecular flexibility index (Phi) is 6.19. The summed E-state index contributed by atoms with van der Waals surface area (Å²) < 4.78 is 4.70. The van der Waals surface area contributed by atoms with E-state index >= 15 is 0 Å². The van der Waals surface area contributed by atoms with E-state index in [1.54, 1.807) is 0 Å². The number of pyridine rings is 1. The third-order valence-electron chi connectivity index (χ3n) is 2.52. The highest BCUT2D eigenvalue weighted by Crippen LogP contribution is 2.06. The van der Waals surface area contributed by atoms with Gasteiger partial charge in [0.05, 0.1) is 5.56 Å². The van der Waals surface area contributed by atoms with E-state index in [2.05, 4.69) is 4.98 Å². The molecular formula is C12H15NO7. The molecule has 0 aliphatic heterocycles. The summed E-state index contributed by atoms with van der Waals surface area (Å²) in [5.41, 5.74) is 0.155. The van der Waals surface area contributed by atoms with E-state index < -0.39 is 37.0 Å². The van der Waals surface area contributed by atoms with Crippen molar-refractivity contribution in [3.63, 3.8) is 0 Å². The first-order valence-corrected chi connectivity index (χ1v) is 5.72. The minimum absolute atomic E-state index is 0.0161. The maximum Gasteiger partial charge on any atom is 0.339 e. The molecule has 1 rings (SSSR count). The van der Waals surface area contributed by atoms with E-state index in [9.17, 15) is 24.9 Å². The minimum atomic E-state index is -1.88. The second-order valence-electron chi connectivity index (χ2n) is 4.02. The average Bonchev–Trinajstić information content (AvgIpc) is 2.50. The van der Waals surface area contributed by atoms with Crippen molar-refractivity contribution in [2.45, 2.75) is 24.4 Å². The summed E-state index contributed by atoms with van der Waals surface area (Å²) in [6.45, 7) is -0.614. The average molecular weight is 285 g/mol. The Morgan fingerprint density at radius 1 is 1.30 bits per heavy atom. The Morgan fingerprint density at radius 2 is 2.00 bits per heavy atom. The topological polar surface area (TPSA) is 137 Å². The number of aldehydes is 1. The van der Waals surface area contributed by atoms with Gasteiger partial charge in [-0.15, -0.1) is 0 Å². The van der Waals surface area contributed by atoms with Crippen LogP contribution in [0, 0.1) is 0 Å². The molecule has 4 N–H and O–H groups in total. The monoisotopic (exact) mass is 285 g/mol. The summed E-state index contributed by atoms with van der Waals surface area (Å²) in [6.07, 6.45) is -4.46. The van der Waals surface area contributed by atoms with Crippen LogP contribution in [-0.4, -0.2) is 68.7 Å². The molecule has 0 radical (unpaired) electrons. The molecule has 0 amide bonds. The summed E-state index contributed by atoms with van der Waals surface area (Å²) in [5, 5.41) is 37.2. The molecule has 1 heterocycles.